The third-order valence-electron chi connectivity index (χ3n) is 2.74. The fourth-order valence-electron chi connectivity index (χ4n) is 1.75. The third kappa shape index (κ3) is 3.50. The van der Waals surface area contributed by atoms with Crippen LogP contribution in [0.15, 0.2) is 18.2 Å². The van der Waals surface area contributed by atoms with Gasteiger partial charge in [-0.3, -0.25) is 0 Å². The summed E-state index contributed by atoms with van der Waals surface area (Å²) in [5, 5.41) is 10.8. The predicted octanol–water partition coefficient (Wildman–Crippen LogP) is 4.54. The van der Waals surface area contributed by atoms with Gasteiger partial charge in [0.1, 0.15) is 0 Å². The molecule has 0 aromatic heterocycles. The van der Waals surface area contributed by atoms with E-state index in [1.165, 1.54) is 5.56 Å². The van der Waals surface area contributed by atoms with E-state index in [1.807, 2.05) is 18.2 Å². The number of hydrogen-bond donors (Lipinski definition) is 1. The number of rotatable bonds is 4. The highest BCUT2D eigenvalue weighted by Gasteiger charge is 2.14. The minimum absolute atomic E-state index is 0.453. The summed E-state index contributed by atoms with van der Waals surface area (Å²) in [5.41, 5.74) is 2.09. The molecule has 1 N–H and O–H groups in total. The Morgan fingerprint density at radius 3 is 2.31 bits per heavy atom. The second-order valence-corrected chi connectivity index (χ2v) is 5.49. The smallest absolute Gasteiger partial charge is 0.0807 e. The van der Waals surface area contributed by atoms with E-state index in [-0.39, 0.29) is 0 Å². The van der Waals surface area contributed by atoms with Gasteiger partial charge >= 0.3 is 0 Å². The number of benzene rings is 1. The molecule has 1 nitrogen and oxygen atoms in total. The van der Waals surface area contributed by atoms with Crippen molar-refractivity contribution in [1.82, 2.24) is 0 Å². The second-order valence-electron chi connectivity index (χ2n) is 5.08. The first-order valence-electron chi connectivity index (χ1n) is 5.89. The molecular weight excluding hydrogens is 220 g/mol. The number of aliphatic hydroxyl groups excluding tert-OH is 1. The highest BCUT2D eigenvalue weighted by Crippen LogP contribution is 2.30. The first-order valence-corrected chi connectivity index (χ1v) is 6.27. The van der Waals surface area contributed by atoms with Gasteiger partial charge in [0, 0.05) is 5.02 Å². The highest BCUT2D eigenvalue weighted by atomic mass is 35.5. The largest absolute Gasteiger partial charge is 0.388 e. The van der Waals surface area contributed by atoms with Crippen molar-refractivity contribution in [2.75, 3.05) is 0 Å². The molecule has 0 aliphatic heterocycles. The monoisotopic (exact) mass is 240 g/mol. The molecule has 0 amide bonds. The van der Waals surface area contributed by atoms with E-state index in [2.05, 4.69) is 27.7 Å². The lowest BCUT2D eigenvalue weighted by Gasteiger charge is -2.17. The van der Waals surface area contributed by atoms with E-state index in [9.17, 15) is 5.11 Å². The van der Waals surface area contributed by atoms with E-state index >= 15 is 0 Å². The maximum absolute atomic E-state index is 10.1. The Morgan fingerprint density at radius 2 is 1.81 bits per heavy atom. The quantitative estimate of drug-likeness (QED) is 0.819. The van der Waals surface area contributed by atoms with Crippen molar-refractivity contribution in [3.8, 4) is 0 Å². The number of hydrogen-bond acceptors (Lipinski definition) is 1. The molecule has 1 atom stereocenters. The molecule has 90 valence electrons. The summed E-state index contributed by atoms with van der Waals surface area (Å²) in [5.74, 6) is 0.927. The summed E-state index contributed by atoms with van der Waals surface area (Å²) in [6, 6.07) is 5.94. The first kappa shape index (κ1) is 13.5. The first-order chi connectivity index (χ1) is 7.41. The Kier molecular flexibility index (Phi) is 4.82. The Morgan fingerprint density at radius 1 is 1.19 bits per heavy atom. The maximum atomic E-state index is 10.1. The van der Waals surface area contributed by atoms with Gasteiger partial charge in [0.2, 0.25) is 0 Å². The zero-order valence-corrected chi connectivity index (χ0v) is 11.3. The maximum Gasteiger partial charge on any atom is 0.0807 e. The van der Waals surface area contributed by atoms with Gasteiger partial charge in [0.05, 0.1) is 6.10 Å². The van der Waals surface area contributed by atoms with Gasteiger partial charge in [0.15, 0.2) is 0 Å². The van der Waals surface area contributed by atoms with Crippen LogP contribution in [-0.2, 0) is 0 Å². The lowest BCUT2D eigenvalue weighted by atomic mass is 9.95. The van der Waals surface area contributed by atoms with Crippen LogP contribution in [-0.4, -0.2) is 5.11 Å². The number of aliphatic hydroxyl groups is 1. The highest BCUT2D eigenvalue weighted by molar-refractivity contribution is 6.31. The van der Waals surface area contributed by atoms with Crippen molar-refractivity contribution in [2.45, 2.75) is 46.1 Å². The van der Waals surface area contributed by atoms with Crippen LogP contribution in [0.2, 0.25) is 5.02 Å². The molecule has 0 spiro atoms. The SMILES string of the molecule is CC(C)CC(O)c1cc(C(C)C)ccc1Cl. The summed E-state index contributed by atoms with van der Waals surface area (Å²) in [6.45, 7) is 8.48. The average molecular weight is 241 g/mol. The molecule has 2 heteroatoms. The summed E-state index contributed by atoms with van der Waals surface area (Å²) >= 11 is 6.12. The molecule has 1 rings (SSSR count). The van der Waals surface area contributed by atoms with Crippen LogP contribution in [0, 0.1) is 5.92 Å². The van der Waals surface area contributed by atoms with Crippen LogP contribution in [0.1, 0.15) is 57.3 Å². The van der Waals surface area contributed by atoms with Gasteiger partial charge in [-0.25, -0.2) is 0 Å². The van der Waals surface area contributed by atoms with E-state index in [0.717, 1.165) is 12.0 Å². The summed E-state index contributed by atoms with van der Waals surface area (Å²) in [6.07, 6.45) is 0.299. The predicted molar refractivity (Wildman–Crippen MR) is 70.0 cm³/mol. The molecule has 0 radical (unpaired) electrons. The van der Waals surface area contributed by atoms with Crippen molar-refractivity contribution in [3.05, 3.63) is 34.3 Å². The molecular formula is C14H21ClO. The van der Waals surface area contributed by atoms with Gasteiger partial charge in [-0.2, -0.15) is 0 Å². The van der Waals surface area contributed by atoms with E-state index in [0.29, 0.717) is 16.9 Å². The fourth-order valence-corrected chi connectivity index (χ4v) is 1.99. The minimum Gasteiger partial charge on any atom is -0.388 e. The molecule has 1 aromatic rings. The number of halogens is 1. The average Bonchev–Trinajstić information content (AvgIpc) is 2.16. The molecule has 0 saturated carbocycles. The van der Waals surface area contributed by atoms with Crippen molar-refractivity contribution < 1.29 is 5.11 Å². The Hall–Kier alpha value is -0.530. The normalized spacial score (nSPS) is 13.5. The zero-order chi connectivity index (χ0) is 12.3. The van der Waals surface area contributed by atoms with Crippen molar-refractivity contribution in [3.63, 3.8) is 0 Å². The summed E-state index contributed by atoms with van der Waals surface area (Å²) in [7, 11) is 0. The van der Waals surface area contributed by atoms with Crippen LogP contribution in [0.4, 0.5) is 0 Å². The second kappa shape index (κ2) is 5.70. The minimum atomic E-state index is -0.453. The third-order valence-corrected chi connectivity index (χ3v) is 3.08. The lowest BCUT2D eigenvalue weighted by molar-refractivity contribution is 0.151. The topological polar surface area (TPSA) is 20.2 Å². The van der Waals surface area contributed by atoms with Crippen LogP contribution in [0.5, 0.6) is 0 Å². The van der Waals surface area contributed by atoms with Crippen LogP contribution in [0.25, 0.3) is 0 Å². The van der Waals surface area contributed by atoms with Crippen LogP contribution >= 0.6 is 11.6 Å². The van der Waals surface area contributed by atoms with Gasteiger partial charge in [0.25, 0.3) is 0 Å². The Bertz CT molecular complexity index is 345. The molecule has 0 heterocycles. The Balaban J connectivity index is 2.97. The van der Waals surface area contributed by atoms with Gasteiger partial charge in [-0.1, -0.05) is 51.4 Å². The zero-order valence-electron chi connectivity index (χ0n) is 10.5. The van der Waals surface area contributed by atoms with Crippen molar-refractivity contribution in [2.24, 2.45) is 5.92 Å². The van der Waals surface area contributed by atoms with Gasteiger partial charge in [-0.15, -0.1) is 0 Å². The van der Waals surface area contributed by atoms with Crippen molar-refractivity contribution >= 4 is 11.6 Å². The van der Waals surface area contributed by atoms with Crippen LogP contribution in [0.3, 0.4) is 0 Å². The molecule has 0 fully saturated rings. The summed E-state index contributed by atoms with van der Waals surface area (Å²) < 4.78 is 0. The molecule has 1 unspecified atom stereocenters. The molecule has 0 bridgehead atoms. The van der Waals surface area contributed by atoms with E-state index in [1.54, 1.807) is 0 Å². The van der Waals surface area contributed by atoms with E-state index in [4.69, 9.17) is 11.6 Å². The van der Waals surface area contributed by atoms with Crippen molar-refractivity contribution in [1.29, 1.82) is 0 Å². The Labute approximate surface area is 103 Å². The fraction of sp³-hybridized carbons (Fsp3) is 0.571. The molecule has 16 heavy (non-hydrogen) atoms. The summed E-state index contributed by atoms with van der Waals surface area (Å²) in [4.78, 5) is 0. The van der Waals surface area contributed by atoms with Gasteiger partial charge < -0.3 is 5.11 Å². The molecule has 0 saturated heterocycles. The molecule has 0 aliphatic rings. The molecule has 1 aromatic carbocycles. The van der Waals surface area contributed by atoms with Crippen LogP contribution < -0.4 is 0 Å². The lowest BCUT2D eigenvalue weighted by Crippen LogP contribution is -2.03. The van der Waals surface area contributed by atoms with E-state index < -0.39 is 6.10 Å². The molecule has 0 aliphatic carbocycles. The van der Waals surface area contributed by atoms with Gasteiger partial charge in [-0.05, 0) is 35.4 Å². The standard InChI is InChI=1S/C14H21ClO/c1-9(2)7-14(16)12-8-11(10(3)4)5-6-13(12)15/h5-6,8-10,14,16H,7H2,1-4H3.